The summed E-state index contributed by atoms with van der Waals surface area (Å²) >= 11 is 0. The molecule has 0 aliphatic heterocycles. The highest BCUT2D eigenvalue weighted by Gasteiger charge is 2.35. The first kappa shape index (κ1) is 9.56. The summed E-state index contributed by atoms with van der Waals surface area (Å²) in [6.07, 6.45) is 6.87. The van der Waals surface area contributed by atoms with Gasteiger partial charge in [0, 0.05) is 0 Å². The maximum atomic E-state index is 10.6. The van der Waals surface area contributed by atoms with E-state index < -0.39 is 5.97 Å². The Bertz CT molecular complexity index is 154. The molecule has 0 heterocycles. The van der Waals surface area contributed by atoms with Crippen molar-refractivity contribution in [1.29, 1.82) is 0 Å². The van der Waals surface area contributed by atoms with Gasteiger partial charge in [-0.05, 0) is 25.2 Å². The lowest BCUT2D eigenvalue weighted by molar-refractivity contribution is -0.147. The van der Waals surface area contributed by atoms with Gasteiger partial charge in [-0.25, -0.2) is 0 Å². The lowest BCUT2D eigenvalue weighted by atomic mass is 9.71. The Morgan fingerprint density at radius 2 is 2.17 bits per heavy atom. The summed E-state index contributed by atoms with van der Waals surface area (Å²) in [4.78, 5) is 10.6. The average Bonchev–Trinajstić information content (AvgIpc) is 1.94. The predicted octanol–water partition coefficient (Wildman–Crippen LogP) is 2.68. The molecular weight excluding hydrogens is 152 g/mol. The molecule has 0 aromatic rings. The van der Waals surface area contributed by atoms with Gasteiger partial charge in [0.25, 0.3) is 0 Å². The number of hydrogen-bond donors (Lipinski definition) is 1. The van der Waals surface area contributed by atoms with Crippen LogP contribution in [-0.2, 0) is 4.79 Å². The van der Waals surface area contributed by atoms with E-state index in [-0.39, 0.29) is 5.92 Å². The predicted molar refractivity (Wildman–Crippen MR) is 48.0 cm³/mol. The smallest absolute Gasteiger partial charge is 0.306 e. The lowest BCUT2D eigenvalue weighted by Crippen LogP contribution is -2.32. The fourth-order valence-corrected chi connectivity index (χ4v) is 1.90. The molecule has 1 aliphatic carbocycles. The minimum atomic E-state index is -0.581. The largest absolute Gasteiger partial charge is 0.481 e. The van der Waals surface area contributed by atoms with Crippen molar-refractivity contribution in [1.82, 2.24) is 0 Å². The van der Waals surface area contributed by atoms with E-state index in [1.54, 1.807) is 0 Å². The first-order valence-electron chi connectivity index (χ1n) is 4.98. The summed E-state index contributed by atoms with van der Waals surface area (Å²) in [6.45, 7) is 2.18. The summed E-state index contributed by atoms with van der Waals surface area (Å²) in [7, 11) is 0. The number of carboxylic acid groups (broad SMARTS) is 1. The van der Waals surface area contributed by atoms with Crippen LogP contribution >= 0.6 is 0 Å². The number of carboxylic acids is 1. The van der Waals surface area contributed by atoms with Crippen molar-refractivity contribution in [2.24, 2.45) is 11.8 Å². The Balaban J connectivity index is 2.12. The first-order valence-corrected chi connectivity index (χ1v) is 4.98. The van der Waals surface area contributed by atoms with Crippen LogP contribution in [0, 0.1) is 11.8 Å². The summed E-state index contributed by atoms with van der Waals surface area (Å²) in [5.74, 6) is -0.0985. The standard InChI is InChI=1S/C10H18O2/c1-2-3-4-5-8-6-7-9(8)10(11)12/h8-9H,2-7H2,1H3,(H,11,12). The van der Waals surface area contributed by atoms with Gasteiger partial charge in [0.05, 0.1) is 5.92 Å². The number of carbonyl (C=O) groups is 1. The van der Waals surface area contributed by atoms with Gasteiger partial charge in [-0.3, -0.25) is 4.79 Å². The molecule has 0 bridgehead atoms. The van der Waals surface area contributed by atoms with Crippen molar-refractivity contribution in [3.05, 3.63) is 0 Å². The molecule has 2 atom stereocenters. The normalized spacial score (nSPS) is 28.1. The van der Waals surface area contributed by atoms with Gasteiger partial charge < -0.3 is 5.11 Å². The summed E-state index contributed by atoms with van der Waals surface area (Å²) in [6, 6.07) is 0. The van der Waals surface area contributed by atoms with Crippen LogP contribution < -0.4 is 0 Å². The highest BCUT2D eigenvalue weighted by molar-refractivity contribution is 5.71. The SMILES string of the molecule is CCCCCC1CCC1C(=O)O. The molecule has 0 aromatic carbocycles. The van der Waals surface area contributed by atoms with Gasteiger partial charge in [-0.1, -0.05) is 26.2 Å². The van der Waals surface area contributed by atoms with E-state index >= 15 is 0 Å². The molecule has 1 N–H and O–H groups in total. The number of hydrogen-bond acceptors (Lipinski definition) is 1. The molecule has 0 saturated heterocycles. The second kappa shape index (κ2) is 4.48. The molecule has 0 spiro atoms. The third-order valence-corrected chi connectivity index (χ3v) is 2.91. The quantitative estimate of drug-likeness (QED) is 0.644. The number of unbranched alkanes of at least 4 members (excludes halogenated alkanes) is 2. The van der Waals surface area contributed by atoms with Crippen molar-refractivity contribution in [3.63, 3.8) is 0 Å². The zero-order valence-electron chi connectivity index (χ0n) is 7.75. The molecule has 0 radical (unpaired) electrons. The monoisotopic (exact) mass is 170 g/mol. The molecule has 1 fully saturated rings. The van der Waals surface area contributed by atoms with Crippen LogP contribution in [0.25, 0.3) is 0 Å². The van der Waals surface area contributed by atoms with Crippen molar-refractivity contribution in [3.8, 4) is 0 Å². The van der Waals surface area contributed by atoms with E-state index in [9.17, 15) is 4.79 Å². The molecule has 0 aromatic heterocycles. The van der Waals surface area contributed by atoms with Gasteiger partial charge in [0.2, 0.25) is 0 Å². The average molecular weight is 170 g/mol. The first-order chi connectivity index (χ1) is 5.75. The van der Waals surface area contributed by atoms with Crippen molar-refractivity contribution in [2.75, 3.05) is 0 Å². The minimum absolute atomic E-state index is 0.0122. The van der Waals surface area contributed by atoms with Gasteiger partial charge in [-0.2, -0.15) is 0 Å². The minimum Gasteiger partial charge on any atom is -0.481 e. The van der Waals surface area contributed by atoms with E-state index in [1.165, 1.54) is 19.3 Å². The van der Waals surface area contributed by atoms with E-state index in [2.05, 4.69) is 6.92 Å². The molecule has 70 valence electrons. The van der Waals surface area contributed by atoms with Crippen LogP contribution in [0.5, 0.6) is 0 Å². The summed E-state index contributed by atoms with van der Waals surface area (Å²) in [5, 5.41) is 8.76. The van der Waals surface area contributed by atoms with Crippen LogP contribution in [0.3, 0.4) is 0 Å². The van der Waals surface area contributed by atoms with Gasteiger partial charge in [-0.15, -0.1) is 0 Å². The fraction of sp³-hybridized carbons (Fsp3) is 0.900. The molecule has 0 amide bonds. The Morgan fingerprint density at radius 1 is 1.42 bits per heavy atom. The van der Waals surface area contributed by atoms with Gasteiger partial charge in [0.15, 0.2) is 0 Å². The fourth-order valence-electron chi connectivity index (χ4n) is 1.90. The van der Waals surface area contributed by atoms with Crippen LogP contribution in [0.1, 0.15) is 45.4 Å². The van der Waals surface area contributed by atoms with Crippen LogP contribution in [0.4, 0.5) is 0 Å². The topological polar surface area (TPSA) is 37.3 Å². The van der Waals surface area contributed by atoms with Gasteiger partial charge in [0.1, 0.15) is 0 Å². The lowest BCUT2D eigenvalue weighted by Gasteiger charge is -2.33. The Hall–Kier alpha value is -0.530. The second-order valence-electron chi connectivity index (χ2n) is 3.78. The van der Waals surface area contributed by atoms with E-state index in [0.717, 1.165) is 19.3 Å². The number of aliphatic carboxylic acids is 1. The molecule has 2 unspecified atom stereocenters. The molecular formula is C10H18O2. The van der Waals surface area contributed by atoms with Crippen molar-refractivity contribution < 1.29 is 9.90 Å². The maximum Gasteiger partial charge on any atom is 0.306 e. The summed E-state index contributed by atoms with van der Waals surface area (Å²) in [5.41, 5.74) is 0. The molecule has 1 saturated carbocycles. The van der Waals surface area contributed by atoms with Crippen molar-refractivity contribution in [2.45, 2.75) is 45.4 Å². The molecule has 12 heavy (non-hydrogen) atoms. The molecule has 2 nitrogen and oxygen atoms in total. The maximum absolute atomic E-state index is 10.6. The summed E-state index contributed by atoms with van der Waals surface area (Å²) < 4.78 is 0. The van der Waals surface area contributed by atoms with Crippen molar-refractivity contribution >= 4 is 5.97 Å². The second-order valence-corrected chi connectivity index (χ2v) is 3.78. The van der Waals surface area contributed by atoms with Crippen LogP contribution in [0.2, 0.25) is 0 Å². The van der Waals surface area contributed by atoms with E-state index in [0.29, 0.717) is 5.92 Å². The highest BCUT2D eigenvalue weighted by Crippen LogP contribution is 2.37. The van der Waals surface area contributed by atoms with Crippen LogP contribution in [0.15, 0.2) is 0 Å². The Morgan fingerprint density at radius 3 is 2.58 bits per heavy atom. The Labute approximate surface area is 74.0 Å². The Kier molecular flexibility index (Phi) is 3.57. The van der Waals surface area contributed by atoms with Crippen LogP contribution in [-0.4, -0.2) is 11.1 Å². The molecule has 2 heteroatoms. The number of rotatable bonds is 5. The zero-order valence-corrected chi connectivity index (χ0v) is 7.75. The third-order valence-electron chi connectivity index (χ3n) is 2.91. The zero-order chi connectivity index (χ0) is 8.97. The highest BCUT2D eigenvalue weighted by atomic mass is 16.4. The van der Waals surface area contributed by atoms with E-state index in [4.69, 9.17) is 5.11 Å². The third kappa shape index (κ3) is 2.23. The molecule has 1 aliphatic rings. The van der Waals surface area contributed by atoms with Gasteiger partial charge >= 0.3 is 5.97 Å². The molecule has 1 rings (SSSR count). The van der Waals surface area contributed by atoms with E-state index in [1.807, 2.05) is 0 Å².